The molecule has 16 heteroatoms. The SMILES string of the molecule is CC(C)(C)OC(=O)Nc1sc(-c2ccccc2F)nc1C(=O)N(CC1CC1)c1cn[nH]c1N1CCC[C@@H](NC(=O)C(F)(F)F)CC1. The molecular formula is C30H35F4N7O4S. The van der Waals surface area contributed by atoms with Crippen molar-refractivity contribution in [2.45, 2.75) is 70.7 Å². The fraction of sp³-hybridized carbons (Fsp3) is 0.500. The highest BCUT2D eigenvalue weighted by atomic mass is 32.1. The Balaban J connectivity index is 1.44. The van der Waals surface area contributed by atoms with Gasteiger partial charge in [0.15, 0.2) is 5.69 Å². The third-order valence-corrected chi connectivity index (χ3v) is 8.46. The molecule has 11 nitrogen and oxygen atoms in total. The number of carbonyl (C=O) groups excluding carboxylic acids is 3. The van der Waals surface area contributed by atoms with E-state index < -0.39 is 41.5 Å². The third kappa shape index (κ3) is 8.13. The van der Waals surface area contributed by atoms with Crippen LogP contribution >= 0.6 is 11.3 Å². The van der Waals surface area contributed by atoms with Crippen LogP contribution < -0.4 is 20.4 Å². The molecule has 1 saturated carbocycles. The van der Waals surface area contributed by atoms with E-state index in [0.717, 1.165) is 24.2 Å². The van der Waals surface area contributed by atoms with E-state index in [1.165, 1.54) is 29.3 Å². The van der Waals surface area contributed by atoms with Gasteiger partial charge >= 0.3 is 18.2 Å². The van der Waals surface area contributed by atoms with Gasteiger partial charge in [-0.25, -0.2) is 14.2 Å². The molecule has 2 fully saturated rings. The monoisotopic (exact) mass is 665 g/mol. The maximum absolute atomic E-state index is 14.8. The molecule has 5 rings (SSSR count). The van der Waals surface area contributed by atoms with Gasteiger partial charge in [0.2, 0.25) is 0 Å². The number of nitrogens with one attached hydrogen (secondary N) is 3. The Morgan fingerprint density at radius 2 is 1.85 bits per heavy atom. The number of hydrogen-bond acceptors (Lipinski definition) is 8. The molecule has 1 aromatic carbocycles. The maximum Gasteiger partial charge on any atom is 0.471 e. The fourth-order valence-electron chi connectivity index (χ4n) is 5.11. The van der Waals surface area contributed by atoms with E-state index >= 15 is 0 Å². The van der Waals surface area contributed by atoms with E-state index in [1.807, 2.05) is 4.90 Å². The van der Waals surface area contributed by atoms with Gasteiger partial charge in [-0.3, -0.25) is 20.0 Å². The first kappa shape index (κ1) is 33.2. The molecule has 0 bridgehead atoms. The fourth-order valence-corrected chi connectivity index (χ4v) is 6.08. The molecule has 1 aliphatic carbocycles. The van der Waals surface area contributed by atoms with Crippen molar-refractivity contribution in [3.05, 3.63) is 42.0 Å². The molecule has 1 saturated heterocycles. The molecule has 248 valence electrons. The summed E-state index contributed by atoms with van der Waals surface area (Å²) in [6.45, 7) is 6.15. The number of benzene rings is 1. The number of aromatic amines is 1. The van der Waals surface area contributed by atoms with Crippen molar-refractivity contribution in [2.24, 2.45) is 5.92 Å². The summed E-state index contributed by atoms with van der Waals surface area (Å²) < 4.78 is 58.7. The van der Waals surface area contributed by atoms with Gasteiger partial charge in [0.05, 0.1) is 6.20 Å². The minimum absolute atomic E-state index is 0.0846. The average Bonchev–Trinajstić information content (AvgIpc) is 3.58. The van der Waals surface area contributed by atoms with E-state index in [9.17, 15) is 31.9 Å². The number of hydrogen-bond donors (Lipinski definition) is 3. The zero-order chi connectivity index (χ0) is 33.2. The summed E-state index contributed by atoms with van der Waals surface area (Å²) in [4.78, 5) is 46.6. The number of thiazole rings is 1. The number of alkyl halides is 3. The van der Waals surface area contributed by atoms with Gasteiger partial charge in [-0.1, -0.05) is 23.5 Å². The lowest BCUT2D eigenvalue weighted by Gasteiger charge is -2.27. The van der Waals surface area contributed by atoms with E-state index in [4.69, 9.17) is 4.74 Å². The van der Waals surface area contributed by atoms with Crippen LogP contribution in [0.25, 0.3) is 10.6 Å². The molecule has 1 atom stereocenters. The molecule has 3 heterocycles. The predicted molar refractivity (Wildman–Crippen MR) is 164 cm³/mol. The normalized spacial score (nSPS) is 17.3. The highest BCUT2D eigenvalue weighted by Crippen LogP contribution is 2.39. The van der Waals surface area contributed by atoms with Crippen LogP contribution in [-0.2, 0) is 9.53 Å². The van der Waals surface area contributed by atoms with Gasteiger partial charge < -0.3 is 19.9 Å². The molecule has 3 N–H and O–H groups in total. The highest BCUT2D eigenvalue weighted by molar-refractivity contribution is 7.19. The van der Waals surface area contributed by atoms with E-state index in [1.54, 1.807) is 26.8 Å². The molecule has 0 radical (unpaired) electrons. The van der Waals surface area contributed by atoms with Crippen LogP contribution in [0.3, 0.4) is 0 Å². The number of anilines is 3. The summed E-state index contributed by atoms with van der Waals surface area (Å²) >= 11 is 0.941. The second-order valence-corrected chi connectivity index (χ2v) is 13.4. The molecule has 2 aromatic heterocycles. The Morgan fingerprint density at radius 1 is 1.11 bits per heavy atom. The van der Waals surface area contributed by atoms with Crippen molar-refractivity contribution in [2.75, 3.05) is 34.8 Å². The summed E-state index contributed by atoms with van der Waals surface area (Å²) in [5.41, 5.74) is -0.335. The number of carbonyl (C=O) groups is 3. The third-order valence-electron chi connectivity index (χ3n) is 7.46. The predicted octanol–water partition coefficient (Wildman–Crippen LogP) is 6.11. The molecule has 2 aliphatic rings. The van der Waals surface area contributed by atoms with Crippen molar-refractivity contribution in [3.63, 3.8) is 0 Å². The number of aromatic nitrogens is 3. The second-order valence-electron chi connectivity index (χ2n) is 12.4. The Labute approximate surface area is 266 Å². The van der Waals surface area contributed by atoms with Crippen molar-refractivity contribution in [1.82, 2.24) is 20.5 Å². The largest absolute Gasteiger partial charge is 0.471 e. The molecule has 3 aromatic rings. The van der Waals surface area contributed by atoms with Crippen molar-refractivity contribution < 1.29 is 36.7 Å². The quantitative estimate of drug-likeness (QED) is 0.247. The van der Waals surface area contributed by atoms with Crippen molar-refractivity contribution >= 4 is 45.8 Å². The van der Waals surface area contributed by atoms with Gasteiger partial charge in [0.1, 0.15) is 32.9 Å². The van der Waals surface area contributed by atoms with Crippen LogP contribution in [0.1, 0.15) is 63.4 Å². The van der Waals surface area contributed by atoms with Gasteiger partial charge in [-0.05, 0) is 70.9 Å². The highest BCUT2D eigenvalue weighted by Gasteiger charge is 2.40. The van der Waals surface area contributed by atoms with Crippen LogP contribution in [0.2, 0.25) is 0 Å². The summed E-state index contributed by atoms with van der Waals surface area (Å²) in [5, 5.41) is 12.1. The lowest BCUT2D eigenvalue weighted by Crippen LogP contribution is -2.43. The number of ether oxygens (including phenoxy) is 1. The van der Waals surface area contributed by atoms with Crippen molar-refractivity contribution in [1.29, 1.82) is 0 Å². The molecular weight excluding hydrogens is 630 g/mol. The van der Waals surface area contributed by atoms with Crippen LogP contribution in [0, 0.1) is 11.7 Å². The summed E-state index contributed by atoms with van der Waals surface area (Å²) in [5.74, 6) is -2.36. The summed E-state index contributed by atoms with van der Waals surface area (Å²) in [7, 11) is 0. The standard InChI is InChI=1S/C30H35F4N7O4S/c1-29(2,3)45-28(44)38-25-22(37-24(46-25)19-8-4-5-9-20(19)31)26(42)41(16-17-10-11-17)21-15-35-39-23(21)40-13-6-7-18(12-14-40)36-27(43)30(32,33)34/h4-5,8-9,15,17-18H,6-7,10-14,16H2,1-3H3,(H,35,39)(H,36,43)(H,38,44)/t18-/m1/s1. The van der Waals surface area contributed by atoms with Gasteiger partial charge in [0.25, 0.3) is 5.91 Å². The van der Waals surface area contributed by atoms with Gasteiger partial charge in [-0.15, -0.1) is 0 Å². The first-order valence-electron chi connectivity index (χ1n) is 14.9. The number of halogens is 4. The van der Waals surface area contributed by atoms with E-state index in [2.05, 4.69) is 25.8 Å². The lowest BCUT2D eigenvalue weighted by atomic mass is 10.1. The first-order valence-corrected chi connectivity index (χ1v) is 15.7. The van der Waals surface area contributed by atoms with Crippen LogP contribution in [-0.4, -0.2) is 70.5 Å². The van der Waals surface area contributed by atoms with Crippen molar-refractivity contribution in [3.8, 4) is 10.6 Å². The molecule has 3 amide bonds. The van der Waals surface area contributed by atoms with Crippen LogP contribution in [0.5, 0.6) is 0 Å². The summed E-state index contributed by atoms with van der Waals surface area (Å²) in [6, 6.07) is 5.31. The Hall–Kier alpha value is -4.21. The topological polar surface area (TPSA) is 133 Å². The number of rotatable bonds is 8. The smallest absolute Gasteiger partial charge is 0.444 e. The molecule has 0 spiro atoms. The number of nitrogens with zero attached hydrogens (tertiary/aromatic N) is 4. The molecule has 0 unspecified atom stereocenters. The van der Waals surface area contributed by atoms with Crippen LogP contribution in [0.15, 0.2) is 30.5 Å². The van der Waals surface area contributed by atoms with E-state index in [0.29, 0.717) is 44.0 Å². The first-order chi connectivity index (χ1) is 21.7. The summed E-state index contributed by atoms with van der Waals surface area (Å²) in [6.07, 6.45) is -1.38. The number of H-pyrrole nitrogens is 1. The second kappa shape index (κ2) is 13.3. The Bertz CT molecular complexity index is 1580. The minimum Gasteiger partial charge on any atom is -0.444 e. The molecule has 1 aliphatic heterocycles. The minimum atomic E-state index is -4.97. The maximum atomic E-state index is 14.8. The van der Waals surface area contributed by atoms with Gasteiger partial charge in [-0.2, -0.15) is 18.3 Å². The molecule has 46 heavy (non-hydrogen) atoms. The lowest BCUT2D eigenvalue weighted by molar-refractivity contribution is -0.174. The average molecular weight is 666 g/mol. The Kier molecular flexibility index (Phi) is 9.56. The van der Waals surface area contributed by atoms with E-state index in [-0.39, 0.29) is 33.6 Å². The zero-order valence-corrected chi connectivity index (χ0v) is 26.4. The Morgan fingerprint density at radius 3 is 2.52 bits per heavy atom. The zero-order valence-electron chi connectivity index (χ0n) is 25.5. The van der Waals surface area contributed by atoms with Crippen LogP contribution in [0.4, 0.5) is 38.9 Å². The van der Waals surface area contributed by atoms with Gasteiger partial charge in [0, 0.05) is 31.2 Å². The number of amides is 3.